The number of hydrogen-bond acceptors (Lipinski definition) is 4. The summed E-state index contributed by atoms with van der Waals surface area (Å²) >= 11 is 1.94. The summed E-state index contributed by atoms with van der Waals surface area (Å²) in [5.41, 5.74) is -0.564. The van der Waals surface area contributed by atoms with Crippen LogP contribution in [0.3, 0.4) is 0 Å². The second-order valence-corrected chi connectivity index (χ2v) is 6.21. The lowest BCUT2D eigenvalue weighted by Crippen LogP contribution is -2.49. The van der Waals surface area contributed by atoms with Gasteiger partial charge in [0.2, 0.25) is 0 Å². The minimum absolute atomic E-state index is 0.180. The Kier molecular flexibility index (Phi) is 8.70. The summed E-state index contributed by atoms with van der Waals surface area (Å²) in [5, 5.41) is 3.54. The molecule has 2 atom stereocenters. The Morgan fingerprint density at radius 1 is 1.47 bits per heavy atom. The Bertz CT molecular complexity index is 223. The van der Waals surface area contributed by atoms with E-state index in [9.17, 15) is 4.79 Å². The van der Waals surface area contributed by atoms with Crippen molar-refractivity contribution in [3.63, 3.8) is 0 Å². The third-order valence-electron chi connectivity index (χ3n) is 3.03. The molecule has 0 aliphatic heterocycles. The Morgan fingerprint density at radius 3 is 2.59 bits per heavy atom. The van der Waals surface area contributed by atoms with Gasteiger partial charge in [0.1, 0.15) is 5.54 Å². The highest BCUT2D eigenvalue weighted by atomic mass is 32.2. The van der Waals surface area contributed by atoms with E-state index in [1.54, 1.807) is 0 Å². The molecule has 2 unspecified atom stereocenters. The van der Waals surface area contributed by atoms with Gasteiger partial charge in [-0.2, -0.15) is 11.8 Å². The van der Waals surface area contributed by atoms with Crippen molar-refractivity contribution in [1.82, 2.24) is 5.32 Å². The molecule has 0 heterocycles. The van der Waals surface area contributed by atoms with Gasteiger partial charge >= 0.3 is 5.97 Å². The maximum absolute atomic E-state index is 11.7. The van der Waals surface area contributed by atoms with Crippen LogP contribution < -0.4 is 5.32 Å². The predicted octanol–water partition coefficient (Wildman–Crippen LogP) is 2.84. The Morgan fingerprint density at radius 2 is 2.12 bits per heavy atom. The molecule has 0 radical (unpaired) electrons. The first-order valence-corrected chi connectivity index (χ1v) is 7.44. The Balaban J connectivity index is 4.05. The van der Waals surface area contributed by atoms with Crippen molar-refractivity contribution in [2.75, 3.05) is 19.9 Å². The highest BCUT2D eigenvalue weighted by Crippen LogP contribution is 2.23. The number of hydrogen-bond donors (Lipinski definition) is 1. The van der Waals surface area contributed by atoms with E-state index in [0.29, 0.717) is 5.25 Å². The molecule has 102 valence electrons. The van der Waals surface area contributed by atoms with Crippen molar-refractivity contribution in [2.24, 2.45) is 0 Å². The molecule has 1 N–H and O–H groups in total. The molecular weight excluding hydrogens is 234 g/mol. The summed E-state index contributed by atoms with van der Waals surface area (Å²) in [6.45, 7) is 6.29. The monoisotopic (exact) mass is 261 g/mol. The number of carbonyl (C=O) groups excluding carboxylic acids is 1. The van der Waals surface area contributed by atoms with Crippen LogP contribution in [0.25, 0.3) is 0 Å². The molecule has 0 spiro atoms. The number of nitrogens with one attached hydrogen (secondary N) is 1. The van der Waals surface area contributed by atoms with E-state index >= 15 is 0 Å². The predicted molar refractivity (Wildman–Crippen MR) is 75.5 cm³/mol. The van der Waals surface area contributed by atoms with Crippen molar-refractivity contribution < 1.29 is 9.53 Å². The highest BCUT2D eigenvalue weighted by molar-refractivity contribution is 7.99. The average Bonchev–Trinajstić information content (AvgIpc) is 2.33. The van der Waals surface area contributed by atoms with Crippen molar-refractivity contribution >= 4 is 17.7 Å². The van der Waals surface area contributed by atoms with E-state index < -0.39 is 5.54 Å². The lowest BCUT2D eigenvalue weighted by molar-refractivity contribution is -0.147. The summed E-state index contributed by atoms with van der Waals surface area (Å²) in [5.74, 6) is 0.997. The molecule has 17 heavy (non-hydrogen) atoms. The van der Waals surface area contributed by atoms with E-state index in [1.807, 2.05) is 25.7 Å². The molecule has 3 nitrogen and oxygen atoms in total. The molecule has 0 aromatic heterocycles. The van der Waals surface area contributed by atoms with Crippen molar-refractivity contribution in [3.05, 3.63) is 0 Å². The van der Waals surface area contributed by atoms with Gasteiger partial charge in [0.05, 0.1) is 7.11 Å². The van der Waals surface area contributed by atoms with E-state index in [1.165, 1.54) is 32.1 Å². The van der Waals surface area contributed by atoms with Crippen LogP contribution in [0.2, 0.25) is 0 Å². The summed E-state index contributed by atoms with van der Waals surface area (Å²) in [6.07, 6.45) is 4.61. The Labute approximate surface area is 110 Å². The minimum Gasteiger partial charge on any atom is -0.468 e. The van der Waals surface area contributed by atoms with Gasteiger partial charge in [-0.3, -0.25) is 4.79 Å². The van der Waals surface area contributed by atoms with Gasteiger partial charge in [-0.25, -0.2) is 0 Å². The molecule has 0 aromatic rings. The smallest absolute Gasteiger partial charge is 0.325 e. The number of esters is 1. The van der Waals surface area contributed by atoms with Gasteiger partial charge in [0.15, 0.2) is 0 Å². The van der Waals surface area contributed by atoms with E-state index in [2.05, 4.69) is 19.2 Å². The largest absolute Gasteiger partial charge is 0.468 e. The standard InChI is InChI=1S/C13H27NO2S/c1-6-7-8-9-17-11(2)10-13(3,14-4)12(15)16-5/h11,14H,6-10H2,1-5H3. The molecule has 0 rings (SSSR count). The first-order chi connectivity index (χ1) is 8.00. The minimum atomic E-state index is -0.564. The summed E-state index contributed by atoms with van der Waals surface area (Å²) in [6, 6.07) is 0. The number of unbranched alkanes of at least 4 members (excludes halogenated alkanes) is 2. The molecule has 0 bridgehead atoms. The van der Waals surface area contributed by atoms with Crippen LogP contribution in [-0.4, -0.2) is 36.7 Å². The number of ether oxygens (including phenoxy) is 1. The van der Waals surface area contributed by atoms with Crippen LogP contribution in [0, 0.1) is 0 Å². The van der Waals surface area contributed by atoms with Gasteiger partial charge in [-0.1, -0.05) is 26.7 Å². The first-order valence-electron chi connectivity index (χ1n) is 6.39. The van der Waals surface area contributed by atoms with Crippen LogP contribution >= 0.6 is 11.8 Å². The molecule has 0 saturated heterocycles. The zero-order valence-corrected chi connectivity index (χ0v) is 12.7. The lowest BCUT2D eigenvalue weighted by Gasteiger charge is -2.28. The lowest BCUT2D eigenvalue weighted by atomic mass is 9.96. The third kappa shape index (κ3) is 6.32. The SMILES string of the molecule is CCCCCSC(C)CC(C)(NC)C(=O)OC. The van der Waals surface area contributed by atoms with E-state index in [-0.39, 0.29) is 5.97 Å². The molecule has 0 aliphatic carbocycles. The van der Waals surface area contributed by atoms with Gasteiger partial charge in [0, 0.05) is 5.25 Å². The zero-order valence-electron chi connectivity index (χ0n) is 11.8. The molecule has 4 heteroatoms. The quantitative estimate of drug-likeness (QED) is 0.511. The van der Waals surface area contributed by atoms with Gasteiger partial charge in [-0.05, 0) is 32.6 Å². The highest BCUT2D eigenvalue weighted by Gasteiger charge is 2.34. The number of carbonyl (C=O) groups is 1. The Hall–Kier alpha value is -0.220. The summed E-state index contributed by atoms with van der Waals surface area (Å²) < 4.78 is 4.84. The fourth-order valence-electron chi connectivity index (χ4n) is 1.78. The van der Waals surface area contributed by atoms with Crippen LogP contribution in [0.1, 0.15) is 46.5 Å². The van der Waals surface area contributed by atoms with Gasteiger partial charge in [-0.15, -0.1) is 0 Å². The molecule has 0 aromatic carbocycles. The molecule has 0 saturated carbocycles. The normalized spacial score (nSPS) is 16.3. The van der Waals surface area contributed by atoms with Crippen LogP contribution in [0.4, 0.5) is 0 Å². The average molecular weight is 261 g/mol. The number of rotatable bonds is 9. The van der Waals surface area contributed by atoms with Crippen molar-refractivity contribution in [3.8, 4) is 0 Å². The van der Waals surface area contributed by atoms with Crippen LogP contribution in [0.5, 0.6) is 0 Å². The summed E-state index contributed by atoms with van der Waals surface area (Å²) in [7, 11) is 3.25. The van der Waals surface area contributed by atoms with Crippen molar-refractivity contribution in [2.45, 2.75) is 57.2 Å². The van der Waals surface area contributed by atoms with Crippen molar-refractivity contribution in [1.29, 1.82) is 0 Å². The van der Waals surface area contributed by atoms with Crippen LogP contribution in [-0.2, 0) is 9.53 Å². The molecule has 0 aliphatic rings. The fraction of sp³-hybridized carbons (Fsp3) is 0.923. The van der Waals surface area contributed by atoms with E-state index in [0.717, 1.165) is 6.42 Å². The number of methoxy groups -OCH3 is 1. The summed E-state index contributed by atoms with van der Waals surface area (Å²) in [4.78, 5) is 11.7. The fourth-order valence-corrected chi connectivity index (χ4v) is 3.01. The molecule has 0 fully saturated rings. The zero-order chi connectivity index (χ0) is 13.3. The topological polar surface area (TPSA) is 38.3 Å². The maximum Gasteiger partial charge on any atom is 0.325 e. The van der Waals surface area contributed by atoms with Crippen LogP contribution in [0.15, 0.2) is 0 Å². The molecular formula is C13H27NO2S. The second-order valence-electron chi connectivity index (χ2n) is 4.67. The number of thioether (sulfide) groups is 1. The molecule has 0 amide bonds. The van der Waals surface area contributed by atoms with Gasteiger partial charge in [0.25, 0.3) is 0 Å². The third-order valence-corrected chi connectivity index (χ3v) is 4.29. The maximum atomic E-state index is 11.7. The first kappa shape index (κ1) is 16.8. The number of likely N-dealkylation sites (N-methyl/N-ethyl adjacent to an activating group) is 1. The van der Waals surface area contributed by atoms with Gasteiger partial charge < -0.3 is 10.1 Å². The second kappa shape index (κ2) is 8.81. The van der Waals surface area contributed by atoms with E-state index in [4.69, 9.17) is 4.74 Å².